The summed E-state index contributed by atoms with van der Waals surface area (Å²) in [6.45, 7) is 1.85. The lowest BCUT2D eigenvalue weighted by Crippen LogP contribution is -2.36. The molecule has 7 heteroatoms. The zero-order chi connectivity index (χ0) is 18.8. The minimum Gasteiger partial charge on any atom is -0.310 e. The van der Waals surface area contributed by atoms with Gasteiger partial charge in [-0.05, 0) is 51.2 Å². The van der Waals surface area contributed by atoms with Crippen LogP contribution in [0, 0.1) is 11.7 Å². The van der Waals surface area contributed by atoms with Crippen LogP contribution in [0.25, 0.3) is 22.2 Å². The predicted octanol–water partition coefficient (Wildman–Crippen LogP) is 3.11. The van der Waals surface area contributed by atoms with E-state index in [0.717, 1.165) is 37.5 Å². The normalized spacial score (nSPS) is 15.8. The first-order valence-corrected chi connectivity index (χ1v) is 8.95. The Labute approximate surface area is 156 Å². The number of rotatable bonds is 3. The second-order valence-electron chi connectivity index (χ2n) is 6.92. The molecule has 6 nitrogen and oxygen atoms in total. The lowest BCUT2D eigenvalue weighted by atomic mass is 9.96. The molecule has 0 aromatic carbocycles. The first-order valence-electron chi connectivity index (χ1n) is 8.95. The second kappa shape index (κ2) is 7.36. The standard InChI is InChI=1S/C20H20FN5O/c1-26-6-4-13(5-7-26)20(27)25-19-9-18-14(11-23-19)2-3-17(24-18)15-8-16(21)12-22-10-15/h2-3,8-13H,4-7H2,1H3,(H,23,25,27). The van der Waals surface area contributed by atoms with Crippen molar-refractivity contribution >= 4 is 22.6 Å². The molecule has 27 heavy (non-hydrogen) atoms. The number of nitrogens with zero attached hydrogens (tertiary/aromatic N) is 4. The molecule has 4 rings (SSSR count). The molecule has 0 aliphatic carbocycles. The number of fused-ring (bicyclic) bond motifs is 1. The van der Waals surface area contributed by atoms with Gasteiger partial charge in [-0.1, -0.05) is 0 Å². The number of anilines is 1. The number of piperidine rings is 1. The van der Waals surface area contributed by atoms with Crippen LogP contribution in [0.1, 0.15) is 12.8 Å². The van der Waals surface area contributed by atoms with Gasteiger partial charge in [-0.3, -0.25) is 9.78 Å². The first kappa shape index (κ1) is 17.5. The highest BCUT2D eigenvalue weighted by molar-refractivity contribution is 5.93. The number of amides is 1. The van der Waals surface area contributed by atoms with Crippen LogP contribution in [0.2, 0.25) is 0 Å². The van der Waals surface area contributed by atoms with E-state index in [1.807, 2.05) is 6.07 Å². The minimum absolute atomic E-state index is 0.000403. The number of carbonyl (C=O) groups is 1. The van der Waals surface area contributed by atoms with Gasteiger partial charge in [-0.2, -0.15) is 0 Å². The molecule has 1 aliphatic heterocycles. The molecule has 0 bridgehead atoms. The summed E-state index contributed by atoms with van der Waals surface area (Å²) in [5.74, 6) is 0.0837. The van der Waals surface area contributed by atoms with Crippen molar-refractivity contribution in [1.82, 2.24) is 19.9 Å². The van der Waals surface area contributed by atoms with Gasteiger partial charge in [0.05, 0.1) is 17.4 Å². The number of pyridine rings is 3. The Morgan fingerprint density at radius 3 is 2.78 bits per heavy atom. The van der Waals surface area contributed by atoms with Crippen LogP contribution in [0.15, 0.2) is 42.9 Å². The van der Waals surface area contributed by atoms with Crippen LogP contribution in [-0.4, -0.2) is 45.9 Å². The van der Waals surface area contributed by atoms with Crippen molar-refractivity contribution in [3.05, 3.63) is 48.7 Å². The highest BCUT2D eigenvalue weighted by Crippen LogP contribution is 2.23. The highest BCUT2D eigenvalue weighted by atomic mass is 19.1. The molecular formula is C20H20FN5O. The number of hydrogen-bond donors (Lipinski definition) is 1. The Morgan fingerprint density at radius 1 is 1.19 bits per heavy atom. The van der Waals surface area contributed by atoms with Crippen molar-refractivity contribution < 1.29 is 9.18 Å². The topological polar surface area (TPSA) is 71.0 Å². The van der Waals surface area contributed by atoms with Crippen molar-refractivity contribution in [2.45, 2.75) is 12.8 Å². The van der Waals surface area contributed by atoms with E-state index < -0.39 is 5.82 Å². The summed E-state index contributed by atoms with van der Waals surface area (Å²) in [6, 6.07) is 6.82. The fourth-order valence-electron chi connectivity index (χ4n) is 3.30. The third-order valence-corrected chi connectivity index (χ3v) is 4.91. The molecular weight excluding hydrogens is 345 g/mol. The molecule has 4 heterocycles. The van der Waals surface area contributed by atoms with Gasteiger partial charge >= 0.3 is 0 Å². The van der Waals surface area contributed by atoms with Crippen LogP contribution < -0.4 is 5.32 Å². The maximum absolute atomic E-state index is 13.4. The van der Waals surface area contributed by atoms with E-state index in [0.29, 0.717) is 22.6 Å². The fraction of sp³-hybridized carbons (Fsp3) is 0.300. The molecule has 138 valence electrons. The molecule has 1 amide bonds. The van der Waals surface area contributed by atoms with Crippen molar-refractivity contribution in [3.63, 3.8) is 0 Å². The quantitative estimate of drug-likeness (QED) is 0.772. The van der Waals surface area contributed by atoms with Crippen molar-refractivity contribution in [2.24, 2.45) is 5.92 Å². The van der Waals surface area contributed by atoms with Gasteiger partial charge in [-0.25, -0.2) is 14.4 Å². The summed E-state index contributed by atoms with van der Waals surface area (Å²) >= 11 is 0. The van der Waals surface area contributed by atoms with Gasteiger partial charge in [0.1, 0.15) is 11.6 Å². The Bertz CT molecular complexity index is 985. The van der Waals surface area contributed by atoms with E-state index in [4.69, 9.17) is 0 Å². The Balaban J connectivity index is 1.56. The van der Waals surface area contributed by atoms with Crippen LogP contribution >= 0.6 is 0 Å². The first-order chi connectivity index (χ1) is 13.1. The number of nitrogens with one attached hydrogen (secondary N) is 1. The Hall–Kier alpha value is -2.93. The molecule has 0 spiro atoms. The van der Waals surface area contributed by atoms with Crippen molar-refractivity contribution in [2.75, 3.05) is 25.5 Å². The number of carbonyl (C=O) groups excluding carboxylic acids is 1. The average molecular weight is 365 g/mol. The van der Waals surface area contributed by atoms with Gasteiger partial charge in [0.15, 0.2) is 0 Å². The summed E-state index contributed by atoms with van der Waals surface area (Å²) in [5.41, 5.74) is 1.91. The van der Waals surface area contributed by atoms with Crippen LogP contribution in [0.4, 0.5) is 10.2 Å². The van der Waals surface area contributed by atoms with E-state index >= 15 is 0 Å². The second-order valence-corrected chi connectivity index (χ2v) is 6.92. The minimum atomic E-state index is -0.407. The molecule has 1 aliphatic rings. The summed E-state index contributed by atoms with van der Waals surface area (Å²) in [7, 11) is 2.07. The summed E-state index contributed by atoms with van der Waals surface area (Å²) in [4.78, 5) is 27.5. The van der Waals surface area contributed by atoms with Crippen molar-refractivity contribution in [1.29, 1.82) is 0 Å². The highest BCUT2D eigenvalue weighted by Gasteiger charge is 2.23. The summed E-state index contributed by atoms with van der Waals surface area (Å²) in [5, 5.41) is 3.75. The third-order valence-electron chi connectivity index (χ3n) is 4.91. The third kappa shape index (κ3) is 3.93. The lowest BCUT2D eigenvalue weighted by Gasteiger charge is -2.27. The number of halogens is 1. The lowest BCUT2D eigenvalue weighted by molar-refractivity contribution is -0.121. The molecule has 0 unspecified atom stereocenters. The van der Waals surface area contributed by atoms with Gasteiger partial charge in [-0.15, -0.1) is 0 Å². The van der Waals surface area contributed by atoms with Crippen molar-refractivity contribution in [3.8, 4) is 11.3 Å². The molecule has 1 fully saturated rings. The van der Waals surface area contributed by atoms with Crippen LogP contribution in [0.3, 0.4) is 0 Å². The maximum Gasteiger partial charge on any atom is 0.228 e. The zero-order valence-electron chi connectivity index (χ0n) is 15.0. The molecule has 3 aromatic heterocycles. The molecule has 1 N–H and O–H groups in total. The van der Waals surface area contributed by atoms with E-state index in [1.165, 1.54) is 6.07 Å². The van der Waals surface area contributed by atoms with Crippen LogP contribution in [0.5, 0.6) is 0 Å². The van der Waals surface area contributed by atoms with E-state index in [-0.39, 0.29) is 11.8 Å². The molecule has 1 saturated heterocycles. The van der Waals surface area contributed by atoms with E-state index in [9.17, 15) is 9.18 Å². The maximum atomic E-state index is 13.4. The smallest absolute Gasteiger partial charge is 0.228 e. The molecule has 3 aromatic rings. The average Bonchev–Trinajstić information content (AvgIpc) is 2.68. The van der Waals surface area contributed by atoms with Gasteiger partial charge in [0.25, 0.3) is 0 Å². The molecule has 0 saturated carbocycles. The number of aromatic nitrogens is 3. The monoisotopic (exact) mass is 365 g/mol. The van der Waals surface area contributed by atoms with Gasteiger partial charge in [0.2, 0.25) is 5.91 Å². The number of likely N-dealkylation sites (tertiary alicyclic amines) is 1. The van der Waals surface area contributed by atoms with E-state index in [1.54, 1.807) is 24.5 Å². The van der Waals surface area contributed by atoms with Crippen LogP contribution in [-0.2, 0) is 4.79 Å². The Morgan fingerprint density at radius 2 is 2.00 bits per heavy atom. The SMILES string of the molecule is CN1CCC(C(=O)Nc2cc3nc(-c4cncc(F)c4)ccc3cn2)CC1. The predicted molar refractivity (Wildman–Crippen MR) is 102 cm³/mol. The van der Waals surface area contributed by atoms with E-state index in [2.05, 4.69) is 32.2 Å². The van der Waals surface area contributed by atoms with Gasteiger partial charge < -0.3 is 10.2 Å². The Kier molecular flexibility index (Phi) is 4.77. The summed E-state index contributed by atoms with van der Waals surface area (Å²) in [6.07, 6.45) is 6.11. The summed E-state index contributed by atoms with van der Waals surface area (Å²) < 4.78 is 13.4. The zero-order valence-corrected chi connectivity index (χ0v) is 15.0. The fourth-order valence-corrected chi connectivity index (χ4v) is 3.30. The molecule has 0 radical (unpaired) electrons. The largest absolute Gasteiger partial charge is 0.310 e. The molecule has 0 atom stereocenters. The van der Waals surface area contributed by atoms with Gasteiger partial charge in [0, 0.05) is 35.3 Å². The number of hydrogen-bond acceptors (Lipinski definition) is 5.